The third-order valence-corrected chi connectivity index (χ3v) is 6.27. The van der Waals surface area contributed by atoms with Gasteiger partial charge in [0.05, 0.1) is 6.04 Å². The Hall–Kier alpha value is -2.42. The maximum absolute atomic E-state index is 4.03. The number of fused-ring (bicyclic) bond motifs is 4. The average Bonchev–Trinajstić information content (AvgIpc) is 2.72. The van der Waals surface area contributed by atoms with Crippen molar-refractivity contribution in [2.24, 2.45) is 0 Å². The van der Waals surface area contributed by atoms with Gasteiger partial charge in [0.25, 0.3) is 0 Å². The monoisotopic (exact) mass is 354 g/mol. The molecule has 0 aromatic heterocycles. The van der Waals surface area contributed by atoms with Crippen LogP contribution in [0.15, 0.2) is 78.9 Å². The first-order chi connectivity index (χ1) is 13.2. The highest BCUT2D eigenvalue weighted by Crippen LogP contribution is 2.43. The molecule has 0 bridgehead atoms. The number of hydrogen-bond donors (Lipinski definition) is 1. The molecule has 27 heavy (non-hydrogen) atoms. The van der Waals surface area contributed by atoms with E-state index < -0.39 is 0 Å². The van der Waals surface area contributed by atoms with Gasteiger partial charge in [-0.15, -0.1) is 0 Å². The van der Waals surface area contributed by atoms with E-state index in [9.17, 15) is 0 Å². The largest absolute Gasteiger partial charge is 0.301 e. The van der Waals surface area contributed by atoms with Gasteiger partial charge in [-0.2, -0.15) is 0 Å². The van der Waals surface area contributed by atoms with E-state index >= 15 is 0 Å². The van der Waals surface area contributed by atoms with E-state index in [1.807, 2.05) is 0 Å². The van der Waals surface area contributed by atoms with Crippen molar-refractivity contribution in [1.29, 1.82) is 0 Å². The smallest absolute Gasteiger partial charge is 0.0582 e. The molecule has 0 radical (unpaired) electrons. The molecule has 1 heterocycles. The summed E-state index contributed by atoms with van der Waals surface area (Å²) in [6.45, 7) is 0. The van der Waals surface area contributed by atoms with Gasteiger partial charge in [-0.05, 0) is 54.0 Å². The summed E-state index contributed by atoms with van der Waals surface area (Å²) in [5, 5.41) is 6.70. The van der Waals surface area contributed by atoms with E-state index in [1.165, 1.54) is 27.5 Å². The molecule has 1 N–H and O–H groups in total. The summed E-state index contributed by atoms with van der Waals surface area (Å²) >= 11 is 0. The predicted molar refractivity (Wildman–Crippen MR) is 113 cm³/mol. The Labute approximate surface area is 161 Å². The molecule has 2 heteroatoms. The van der Waals surface area contributed by atoms with Crippen molar-refractivity contribution in [1.82, 2.24) is 10.2 Å². The lowest BCUT2D eigenvalue weighted by Gasteiger charge is -2.46. The first-order valence-electron chi connectivity index (χ1n) is 9.89. The maximum atomic E-state index is 4.03. The van der Waals surface area contributed by atoms with Gasteiger partial charge >= 0.3 is 0 Å². The third-order valence-electron chi connectivity index (χ3n) is 6.27. The zero-order valence-corrected chi connectivity index (χ0v) is 16.0. The van der Waals surface area contributed by atoms with Gasteiger partial charge in [-0.25, -0.2) is 0 Å². The molecule has 2 aliphatic rings. The number of allylic oxidation sites excluding steroid dienone is 1. The first-order valence-corrected chi connectivity index (χ1v) is 9.89. The van der Waals surface area contributed by atoms with Crippen molar-refractivity contribution < 1.29 is 0 Å². The Kier molecular flexibility index (Phi) is 4.11. The average molecular weight is 354 g/mol. The van der Waals surface area contributed by atoms with E-state index in [-0.39, 0.29) is 6.04 Å². The van der Waals surface area contributed by atoms with Crippen LogP contribution in [0.5, 0.6) is 0 Å². The van der Waals surface area contributed by atoms with Crippen molar-refractivity contribution >= 4 is 10.8 Å². The molecule has 5 rings (SSSR count). The molecular formula is C25H26N2. The molecule has 3 aromatic rings. The lowest BCUT2D eigenvalue weighted by molar-refractivity contribution is 0.217. The fourth-order valence-electron chi connectivity index (χ4n) is 4.95. The van der Waals surface area contributed by atoms with Crippen molar-refractivity contribution in [2.75, 3.05) is 14.1 Å². The van der Waals surface area contributed by atoms with Crippen LogP contribution in [0.1, 0.15) is 35.1 Å². The van der Waals surface area contributed by atoms with Gasteiger partial charge < -0.3 is 10.2 Å². The maximum Gasteiger partial charge on any atom is 0.0582 e. The van der Waals surface area contributed by atoms with Crippen molar-refractivity contribution in [3.63, 3.8) is 0 Å². The highest BCUT2D eigenvalue weighted by Gasteiger charge is 2.40. The number of nitrogens with one attached hydrogen (secondary N) is 1. The minimum absolute atomic E-state index is 0.237. The molecule has 0 amide bonds. The van der Waals surface area contributed by atoms with Crippen LogP contribution in [0.4, 0.5) is 0 Å². The summed E-state index contributed by atoms with van der Waals surface area (Å²) in [6.07, 6.45) is 5.85. The van der Waals surface area contributed by atoms with Crippen LogP contribution in [0.3, 0.4) is 0 Å². The van der Waals surface area contributed by atoms with Crippen molar-refractivity contribution in [2.45, 2.75) is 30.5 Å². The molecule has 2 unspecified atom stereocenters. The minimum atomic E-state index is 0.237. The molecule has 0 saturated carbocycles. The summed E-state index contributed by atoms with van der Waals surface area (Å²) in [5.74, 6) is 0.516. The highest BCUT2D eigenvalue weighted by atomic mass is 15.2. The Balaban J connectivity index is 1.72. The molecule has 0 fully saturated rings. The topological polar surface area (TPSA) is 15.3 Å². The van der Waals surface area contributed by atoms with Gasteiger partial charge in [0, 0.05) is 18.0 Å². The van der Waals surface area contributed by atoms with E-state index in [1.54, 1.807) is 0 Å². The van der Waals surface area contributed by atoms with Crippen LogP contribution < -0.4 is 5.32 Å². The first kappa shape index (κ1) is 16.7. The van der Waals surface area contributed by atoms with Gasteiger partial charge in [0.15, 0.2) is 0 Å². The number of nitrogens with zero attached hydrogens (tertiary/aromatic N) is 1. The molecule has 3 aromatic carbocycles. The Morgan fingerprint density at radius 2 is 1.52 bits per heavy atom. The van der Waals surface area contributed by atoms with Crippen LogP contribution in [-0.4, -0.2) is 31.1 Å². The van der Waals surface area contributed by atoms with Gasteiger partial charge in [-0.3, -0.25) is 0 Å². The van der Waals surface area contributed by atoms with Gasteiger partial charge in [0.2, 0.25) is 0 Å². The van der Waals surface area contributed by atoms with E-state index in [0.29, 0.717) is 18.0 Å². The van der Waals surface area contributed by atoms with Crippen molar-refractivity contribution in [3.8, 4) is 0 Å². The van der Waals surface area contributed by atoms with E-state index in [2.05, 4.69) is 103 Å². The predicted octanol–water partition coefficient (Wildman–Crippen LogP) is 4.87. The second-order valence-corrected chi connectivity index (χ2v) is 8.09. The summed E-state index contributed by atoms with van der Waals surface area (Å²) in [7, 11) is 4.37. The SMILES string of the molecule is CN(C)[C@H]1C=CC[C@H]2c3cc4ccccc4cc3C(c3ccccc3)NC21. The van der Waals surface area contributed by atoms with E-state index in [0.717, 1.165) is 6.42 Å². The zero-order chi connectivity index (χ0) is 18.4. The molecule has 1 aliphatic carbocycles. The molecular weight excluding hydrogens is 328 g/mol. The third kappa shape index (κ3) is 2.80. The second-order valence-electron chi connectivity index (χ2n) is 8.09. The van der Waals surface area contributed by atoms with Crippen LogP contribution in [0.25, 0.3) is 10.8 Å². The van der Waals surface area contributed by atoms with Gasteiger partial charge in [-0.1, -0.05) is 72.8 Å². The fraction of sp³-hybridized carbons (Fsp3) is 0.280. The van der Waals surface area contributed by atoms with Gasteiger partial charge in [0.1, 0.15) is 0 Å². The molecule has 136 valence electrons. The van der Waals surface area contributed by atoms with Crippen molar-refractivity contribution in [3.05, 3.63) is 95.6 Å². The number of rotatable bonds is 2. The normalized spacial score (nSPS) is 26.8. The fourth-order valence-corrected chi connectivity index (χ4v) is 4.95. The molecule has 0 spiro atoms. The molecule has 2 nitrogen and oxygen atoms in total. The quantitative estimate of drug-likeness (QED) is 0.660. The summed E-state index contributed by atoms with van der Waals surface area (Å²) in [4.78, 5) is 2.34. The minimum Gasteiger partial charge on any atom is -0.301 e. The molecule has 4 atom stereocenters. The summed E-state index contributed by atoms with van der Waals surface area (Å²) in [6, 6.07) is 25.6. The van der Waals surface area contributed by atoms with Crippen LogP contribution in [-0.2, 0) is 0 Å². The Morgan fingerprint density at radius 1 is 0.852 bits per heavy atom. The second kappa shape index (κ2) is 6.63. The van der Waals surface area contributed by atoms with Crippen LogP contribution in [0, 0.1) is 0 Å². The standard InChI is InChI=1S/C25H26N2/c1-27(2)23-14-8-13-20-21-15-18-11-6-7-12-19(18)16-22(21)24(26-25(20)23)17-9-4-3-5-10-17/h3-12,14-16,20,23-26H,13H2,1-2H3/t20-,23-,24?,25?/m0/s1. The summed E-state index contributed by atoms with van der Waals surface area (Å²) < 4.78 is 0. The van der Waals surface area contributed by atoms with E-state index in [4.69, 9.17) is 0 Å². The number of likely N-dealkylation sites (N-methyl/N-ethyl adjacent to an activating group) is 1. The highest BCUT2D eigenvalue weighted by molar-refractivity contribution is 5.84. The lowest BCUT2D eigenvalue weighted by Crippen LogP contribution is -2.54. The van der Waals surface area contributed by atoms with Crippen LogP contribution >= 0.6 is 0 Å². The molecule has 0 saturated heterocycles. The van der Waals surface area contributed by atoms with Crippen LogP contribution in [0.2, 0.25) is 0 Å². The number of hydrogen-bond acceptors (Lipinski definition) is 2. The zero-order valence-electron chi connectivity index (χ0n) is 16.0. The Morgan fingerprint density at radius 3 is 2.22 bits per heavy atom. The Bertz CT molecular complexity index is 990. The molecule has 1 aliphatic heterocycles. The summed E-state index contributed by atoms with van der Waals surface area (Å²) in [5.41, 5.74) is 4.30. The lowest BCUT2D eigenvalue weighted by atomic mass is 9.72. The number of benzene rings is 3.